The monoisotopic (exact) mass is 379 g/mol. The molecule has 1 aliphatic heterocycles. The number of rotatable bonds is 4. The first-order valence-electron chi connectivity index (χ1n) is 8.66. The minimum absolute atomic E-state index is 0.145. The van der Waals surface area contributed by atoms with Crippen LogP contribution in [-0.2, 0) is 16.0 Å². The molecule has 0 saturated carbocycles. The molecule has 3 N–H and O–H groups in total. The molecule has 0 spiro atoms. The zero-order chi connectivity index (χ0) is 19.8. The Labute approximate surface area is 154 Å². The fraction of sp³-hybridized carbons (Fsp3) is 0.368. The molecule has 1 heterocycles. The van der Waals surface area contributed by atoms with E-state index >= 15 is 0 Å². The summed E-state index contributed by atoms with van der Waals surface area (Å²) in [4.78, 5) is 26.5. The number of alkyl halides is 3. The summed E-state index contributed by atoms with van der Waals surface area (Å²) in [7, 11) is 0. The number of hydrogen-bond acceptors (Lipinski definition) is 3. The molecule has 3 rings (SSSR count). The summed E-state index contributed by atoms with van der Waals surface area (Å²) in [5.74, 6) is -1.32. The lowest BCUT2D eigenvalue weighted by Crippen LogP contribution is -2.53. The maximum Gasteiger partial charge on any atom is 0.405 e. The fourth-order valence-corrected chi connectivity index (χ4v) is 3.27. The summed E-state index contributed by atoms with van der Waals surface area (Å²) >= 11 is 0. The number of nitrogens with zero attached hydrogens (tertiary/aromatic N) is 1. The highest BCUT2D eigenvalue weighted by molar-refractivity contribution is 6.07. The number of amides is 2. The van der Waals surface area contributed by atoms with Gasteiger partial charge in [0.25, 0.3) is 0 Å². The van der Waals surface area contributed by atoms with Gasteiger partial charge >= 0.3 is 6.18 Å². The van der Waals surface area contributed by atoms with E-state index in [-0.39, 0.29) is 6.42 Å². The van der Waals surface area contributed by atoms with Crippen molar-refractivity contribution in [3.8, 4) is 0 Å². The molecule has 2 amide bonds. The second kappa shape index (κ2) is 7.19. The summed E-state index contributed by atoms with van der Waals surface area (Å²) in [5.41, 5.74) is 7.13. The summed E-state index contributed by atoms with van der Waals surface area (Å²) in [6.07, 6.45) is -4.02. The number of anilines is 1. The van der Waals surface area contributed by atoms with Gasteiger partial charge in [0.1, 0.15) is 12.6 Å². The van der Waals surface area contributed by atoms with Gasteiger partial charge in [-0.3, -0.25) is 14.5 Å². The van der Waals surface area contributed by atoms with Crippen LogP contribution in [0.1, 0.15) is 18.9 Å². The number of carbonyl (C=O) groups excluding carboxylic acids is 2. The van der Waals surface area contributed by atoms with Crippen molar-refractivity contribution in [1.29, 1.82) is 0 Å². The zero-order valence-electron chi connectivity index (χ0n) is 14.7. The Morgan fingerprint density at radius 3 is 2.48 bits per heavy atom. The zero-order valence-corrected chi connectivity index (χ0v) is 14.7. The molecule has 0 aromatic heterocycles. The molecule has 8 heteroatoms. The molecule has 0 radical (unpaired) electrons. The van der Waals surface area contributed by atoms with Crippen LogP contribution < -0.4 is 16.0 Å². The Morgan fingerprint density at radius 1 is 1.26 bits per heavy atom. The second-order valence-corrected chi connectivity index (χ2v) is 6.60. The highest BCUT2D eigenvalue weighted by Gasteiger charge is 2.41. The van der Waals surface area contributed by atoms with Gasteiger partial charge in [-0.15, -0.1) is 0 Å². The number of nitrogens with one attached hydrogen (secondary N) is 1. The van der Waals surface area contributed by atoms with Crippen LogP contribution in [0.4, 0.5) is 18.9 Å². The predicted molar refractivity (Wildman–Crippen MR) is 96.3 cm³/mol. The lowest BCUT2D eigenvalue weighted by Gasteiger charge is -2.27. The molecule has 2 aromatic carbocycles. The number of benzene rings is 2. The van der Waals surface area contributed by atoms with Gasteiger partial charge in [-0.05, 0) is 34.9 Å². The molecule has 1 aliphatic rings. The van der Waals surface area contributed by atoms with Crippen LogP contribution in [0.3, 0.4) is 0 Å². The first kappa shape index (κ1) is 19.2. The van der Waals surface area contributed by atoms with E-state index in [1.54, 1.807) is 13.0 Å². The molecule has 0 bridgehead atoms. The van der Waals surface area contributed by atoms with Crippen molar-refractivity contribution >= 4 is 28.3 Å². The molecule has 2 aromatic rings. The molecule has 0 unspecified atom stereocenters. The summed E-state index contributed by atoms with van der Waals surface area (Å²) in [5, 5.41) is 3.69. The molecule has 144 valence electrons. The number of hydrogen-bond donors (Lipinski definition) is 2. The van der Waals surface area contributed by atoms with Crippen LogP contribution in [0.5, 0.6) is 0 Å². The molecule has 0 saturated heterocycles. The van der Waals surface area contributed by atoms with Gasteiger partial charge in [0.2, 0.25) is 11.8 Å². The Hall–Kier alpha value is -2.61. The van der Waals surface area contributed by atoms with E-state index in [1.807, 2.05) is 35.6 Å². The van der Waals surface area contributed by atoms with Crippen molar-refractivity contribution < 1.29 is 22.8 Å². The third-order valence-electron chi connectivity index (χ3n) is 4.69. The van der Waals surface area contributed by atoms with Crippen molar-refractivity contribution in [2.24, 2.45) is 5.73 Å². The van der Waals surface area contributed by atoms with Gasteiger partial charge in [-0.25, -0.2) is 0 Å². The summed E-state index contributed by atoms with van der Waals surface area (Å²) < 4.78 is 37.4. The lowest BCUT2D eigenvalue weighted by atomic mass is 10.0. The topological polar surface area (TPSA) is 75.4 Å². The van der Waals surface area contributed by atoms with Crippen LogP contribution in [0.15, 0.2) is 36.4 Å². The lowest BCUT2D eigenvalue weighted by molar-refractivity contribution is -0.139. The van der Waals surface area contributed by atoms with Crippen molar-refractivity contribution in [2.75, 3.05) is 11.4 Å². The standard InChI is InChI=1S/C19H20F3N3O2/c1-2-14(23)18(27)25-15-8-12-6-4-3-5-11(12)7-13(15)9-16(25)17(26)24-10-19(20,21)22/h3-8,14,16H,2,9-10,23H2,1H3,(H,24,26)/t14-,16-/m0/s1. The van der Waals surface area contributed by atoms with Crippen molar-refractivity contribution in [2.45, 2.75) is 38.0 Å². The quantitative estimate of drug-likeness (QED) is 0.857. The average molecular weight is 379 g/mol. The molecular formula is C19H20F3N3O2. The van der Waals surface area contributed by atoms with Gasteiger partial charge in [-0.1, -0.05) is 31.2 Å². The van der Waals surface area contributed by atoms with Gasteiger partial charge < -0.3 is 11.1 Å². The highest BCUT2D eigenvalue weighted by Crippen LogP contribution is 2.36. The number of carbonyl (C=O) groups is 2. The fourth-order valence-electron chi connectivity index (χ4n) is 3.27. The van der Waals surface area contributed by atoms with E-state index in [0.29, 0.717) is 12.1 Å². The van der Waals surface area contributed by atoms with Crippen LogP contribution >= 0.6 is 0 Å². The average Bonchev–Trinajstić information content (AvgIpc) is 3.00. The molecular weight excluding hydrogens is 359 g/mol. The van der Waals surface area contributed by atoms with E-state index in [2.05, 4.69) is 0 Å². The Balaban J connectivity index is 1.98. The van der Waals surface area contributed by atoms with Crippen molar-refractivity contribution in [1.82, 2.24) is 5.32 Å². The molecule has 0 fully saturated rings. The smallest absolute Gasteiger partial charge is 0.345 e. The first-order valence-corrected chi connectivity index (χ1v) is 8.66. The normalized spacial score (nSPS) is 17.7. The third-order valence-corrected chi connectivity index (χ3v) is 4.69. The molecule has 27 heavy (non-hydrogen) atoms. The van der Waals surface area contributed by atoms with E-state index in [9.17, 15) is 22.8 Å². The summed E-state index contributed by atoms with van der Waals surface area (Å²) in [6.45, 7) is 0.293. The van der Waals surface area contributed by atoms with Crippen LogP contribution in [0.2, 0.25) is 0 Å². The van der Waals surface area contributed by atoms with Gasteiger partial charge in [0.05, 0.1) is 6.04 Å². The largest absolute Gasteiger partial charge is 0.405 e. The highest BCUT2D eigenvalue weighted by atomic mass is 19.4. The molecule has 0 aliphatic carbocycles. The van der Waals surface area contributed by atoms with E-state index < -0.39 is 36.6 Å². The molecule has 5 nitrogen and oxygen atoms in total. The van der Waals surface area contributed by atoms with E-state index in [4.69, 9.17) is 5.73 Å². The van der Waals surface area contributed by atoms with E-state index in [1.165, 1.54) is 4.90 Å². The van der Waals surface area contributed by atoms with Gasteiger partial charge in [-0.2, -0.15) is 13.2 Å². The van der Waals surface area contributed by atoms with Crippen molar-refractivity contribution in [3.05, 3.63) is 42.0 Å². The van der Waals surface area contributed by atoms with Gasteiger partial charge in [0, 0.05) is 12.1 Å². The Morgan fingerprint density at radius 2 is 1.89 bits per heavy atom. The van der Waals surface area contributed by atoms with Gasteiger partial charge in [0.15, 0.2) is 0 Å². The minimum Gasteiger partial charge on any atom is -0.345 e. The second-order valence-electron chi connectivity index (χ2n) is 6.60. The van der Waals surface area contributed by atoms with E-state index in [0.717, 1.165) is 16.3 Å². The maximum atomic E-state index is 12.8. The number of fused-ring (bicyclic) bond motifs is 2. The number of nitrogens with two attached hydrogens (primary N) is 1. The maximum absolute atomic E-state index is 12.8. The minimum atomic E-state index is -4.52. The predicted octanol–water partition coefficient (Wildman–Crippen LogP) is 2.51. The van der Waals surface area contributed by atoms with Crippen molar-refractivity contribution in [3.63, 3.8) is 0 Å². The van der Waals surface area contributed by atoms with Crippen LogP contribution in [-0.4, -0.2) is 36.6 Å². The molecule has 2 atom stereocenters. The Kier molecular flexibility index (Phi) is 5.10. The third kappa shape index (κ3) is 3.90. The Bertz CT molecular complexity index is 882. The van der Waals surface area contributed by atoms with Crippen LogP contribution in [0.25, 0.3) is 10.8 Å². The SMILES string of the molecule is CC[C@H](N)C(=O)N1c2cc3ccccc3cc2C[C@H]1C(=O)NCC(F)(F)F. The number of halogens is 3. The van der Waals surface area contributed by atoms with Crippen LogP contribution in [0, 0.1) is 0 Å². The first-order chi connectivity index (χ1) is 12.7. The summed E-state index contributed by atoms with van der Waals surface area (Å²) in [6, 6.07) is 9.24.